The average molecular weight is 239 g/mol. The third kappa shape index (κ3) is 4.89. The standard InChI is InChI=1S/C13H25N3O/c1-11-12(9-14-2)8-13(17-11)10-16(5)7-6-15(3)4/h8,14H,6-7,9-10H2,1-5H3. The van der Waals surface area contributed by atoms with E-state index < -0.39 is 0 Å². The van der Waals surface area contributed by atoms with E-state index in [0.717, 1.165) is 37.7 Å². The van der Waals surface area contributed by atoms with Crippen molar-refractivity contribution in [2.45, 2.75) is 20.0 Å². The zero-order valence-electron chi connectivity index (χ0n) is 11.7. The number of aryl methyl sites for hydroxylation is 1. The molecule has 0 spiro atoms. The van der Waals surface area contributed by atoms with Gasteiger partial charge in [0.05, 0.1) is 6.54 Å². The predicted molar refractivity (Wildman–Crippen MR) is 71.1 cm³/mol. The van der Waals surface area contributed by atoms with E-state index in [1.165, 1.54) is 5.56 Å². The maximum absolute atomic E-state index is 5.75. The Kier molecular flexibility index (Phi) is 5.68. The van der Waals surface area contributed by atoms with Crippen LogP contribution in [0.4, 0.5) is 0 Å². The number of furan rings is 1. The van der Waals surface area contributed by atoms with Crippen molar-refractivity contribution in [2.24, 2.45) is 0 Å². The van der Waals surface area contributed by atoms with Crippen LogP contribution in [0.5, 0.6) is 0 Å². The maximum Gasteiger partial charge on any atom is 0.118 e. The number of likely N-dealkylation sites (N-methyl/N-ethyl adjacent to an activating group) is 2. The summed E-state index contributed by atoms with van der Waals surface area (Å²) in [6.07, 6.45) is 0. The van der Waals surface area contributed by atoms with Crippen LogP contribution in [-0.2, 0) is 13.1 Å². The highest BCUT2D eigenvalue weighted by molar-refractivity contribution is 5.20. The Bertz CT molecular complexity index is 333. The summed E-state index contributed by atoms with van der Waals surface area (Å²) in [6, 6.07) is 2.15. The third-order valence-corrected chi connectivity index (χ3v) is 2.79. The van der Waals surface area contributed by atoms with E-state index in [1.54, 1.807) is 0 Å². The number of rotatable bonds is 7. The molecule has 17 heavy (non-hydrogen) atoms. The molecule has 0 atom stereocenters. The lowest BCUT2D eigenvalue weighted by Crippen LogP contribution is -2.28. The van der Waals surface area contributed by atoms with Gasteiger partial charge in [0.25, 0.3) is 0 Å². The van der Waals surface area contributed by atoms with Crippen LogP contribution >= 0.6 is 0 Å². The Balaban J connectivity index is 2.47. The first-order valence-corrected chi connectivity index (χ1v) is 6.09. The molecular weight excluding hydrogens is 214 g/mol. The van der Waals surface area contributed by atoms with Gasteiger partial charge in [0, 0.05) is 25.2 Å². The minimum Gasteiger partial charge on any atom is -0.465 e. The Morgan fingerprint density at radius 3 is 2.53 bits per heavy atom. The van der Waals surface area contributed by atoms with Gasteiger partial charge >= 0.3 is 0 Å². The molecule has 0 amide bonds. The van der Waals surface area contributed by atoms with E-state index in [2.05, 4.69) is 42.3 Å². The summed E-state index contributed by atoms with van der Waals surface area (Å²) in [5.41, 5.74) is 1.25. The topological polar surface area (TPSA) is 31.6 Å². The number of nitrogens with zero attached hydrogens (tertiary/aromatic N) is 2. The second-order valence-corrected chi connectivity index (χ2v) is 4.87. The van der Waals surface area contributed by atoms with Crippen LogP contribution in [0.1, 0.15) is 17.1 Å². The van der Waals surface area contributed by atoms with Gasteiger partial charge in [-0.15, -0.1) is 0 Å². The molecule has 0 aliphatic carbocycles. The first kappa shape index (κ1) is 14.2. The minimum absolute atomic E-state index is 0.872. The fourth-order valence-electron chi connectivity index (χ4n) is 1.75. The van der Waals surface area contributed by atoms with Gasteiger partial charge in [-0.05, 0) is 41.2 Å². The fraction of sp³-hybridized carbons (Fsp3) is 0.692. The second-order valence-electron chi connectivity index (χ2n) is 4.87. The van der Waals surface area contributed by atoms with Gasteiger partial charge in [-0.25, -0.2) is 0 Å². The molecule has 0 bridgehead atoms. The molecule has 0 aliphatic heterocycles. The van der Waals surface area contributed by atoms with Crippen molar-refractivity contribution in [1.29, 1.82) is 0 Å². The zero-order chi connectivity index (χ0) is 12.8. The molecule has 4 heteroatoms. The lowest BCUT2D eigenvalue weighted by Gasteiger charge is -2.17. The van der Waals surface area contributed by atoms with Gasteiger partial charge < -0.3 is 14.6 Å². The van der Waals surface area contributed by atoms with Gasteiger partial charge in [0.1, 0.15) is 11.5 Å². The van der Waals surface area contributed by atoms with Crippen LogP contribution in [-0.4, -0.2) is 51.1 Å². The molecule has 98 valence electrons. The van der Waals surface area contributed by atoms with Gasteiger partial charge in [0.15, 0.2) is 0 Å². The van der Waals surface area contributed by atoms with E-state index in [9.17, 15) is 0 Å². The molecule has 0 aliphatic rings. The van der Waals surface area contributed by atoms with Gasteiger partial charge in [-0.3, -0.25) is 4.90 Å². The summed E-state index contributed by atoms with van der Waals surface area (Å²) < 4.78 is 5.75. The molecule has 0 saturated heterocycles. The van der Waals surface area contributed by atoms with Crippen LogP contribution in [0.25, 0.3) is 0 Å². The summed E-state index contributed by atoms with van der Waals surface area (Å²) in [6.45, 7) is 5.89. The molecule has 1 aromatic rings. The van der Waals surface area contributed by atoms with Crippen molar-refractivity contribution in [1.82, 2.24) is 15.1 Å². The molecular formula is C13H25N3O. The number of nitrogens with one attached hydrogen (secondary N) is 1. The molecule has 0 saturated carbocycles. The molecule has 1 rings (SSSR count). The molecule has 0 unspecified atom stereocenters. The van der Waals surface area contributed by atoms with Crippen LogP contribution in [0.2, 0.25) is 0 Å². The van der Waals surface area contributed by atoms with Gasteiger partial charge in [-0.1, -0.05) is 0 Å². The van der Waals surface area contributed by atoms with E-state index >= 15 is 0 Å². The lowest BCUT2D eigenvalue weighted by atomic mass is 10.2. The molecule has 4 nitrogen and oxygen atoms in total. The number of hydrogen-bond acceptors (Lipinski definition) is 4. The third-order valence-electron chi connectivity index (χ3n) is 2.79. The van der Waals surface area contributed by atoms with Crippen LogP contribution < -0.4 is 5.32 Å². The average Bonchev–Trinajstić information content (AvgIpc) is 2.57. The summed E-state index contributed by atoms with van der Waals surface area (Å²) in [5.74, 6) is 2.07. The molecule has 0 radical (unpaired) electrons. The summed E-state index contributed by atoms with van der Waals surface area (Å²) >= 11 is 0. The molecule has 1 aromatic heterocycles. The van der Waals surface area contributed by atoms with Crippen LogP contribution in [0.3, 0.4) is 0 Å². The van der Waals surface area contributed by atoms with E-state index in [4.69, 9.17) is 4.42 Å². The van der Waals surface area contributed by atoms with Crippen LogP contribution in [0, 0.1) is 6.92 Å². The van der Waals surface area contributed by atoms with Crippen molar-refractivity contribution in [2.75, 3.05) is 41.3 Å². The smallest absolute Gasteiger partial charge is 0.118 e. The van der Waals surface area contributed by atoms with E-state index in [1.807, 2.05) is 14.0 Å². The Hall–Kier alpha value is -0.840. The second kappa shape index (κ2) is 6.79. The SMILES string of the molecule is CNCc1cc(CN(C)CCN(C)C)oc1C. The van der Waals surface area contributed by atoms with E-state index in [0.29, 0.717) is 0 Å². The first-order chi connectivity index (χ1) is 8.02. The molecule has 1 N–H and O–H groups in total. The lowest BCUT2D eigenvalue weighted by molar-refractivity contribution is 0.257. The number of hydrogen-bond donors (Lipinski definition) is 1. The predicted octanol–water partition coefficient (Wildman–Crippen LogP) is 1.30. The van der Waals surface area contributed by atoms with Crippen molar-refractivity contribution < 1.29 is 4.42 Å². The van der Waals surface area contributed by atoms with Gasteiger partial charge in [0.2, 0.25) is 0 Å². The monoisotopic (exact) mass is 239 g/mol. The largest absolute Gasteiger partial charge is 0.465 e. The van der Waals surface area contributed by atoms with Crippen molar-refractivity contribution >= 4 is 0 Å². The fourth-order valence-corrected chi connectivity index (χ4v) is 1.75. The Morgan fingerprint density at radius 1 is 1.24 bits per heavy atom. The summed E-state index contributed by atoms with van der Waals surface area (Å²) in [5, 5.41) is 3.15. The molecule has 0 aromatic carbocycles. The van der Waals surface area contributed by atoms with Crippen molar-refractivity contribution in [3.05, 3.63) is 23.2 Å². The van der Waals surface area contributed by atoms with Crippen LogP contribution in [0.15, 0.2) is 10.5 Å². The highest BCUT2D eigenvalue weighted by Crippen LogP contribution is 2.15. The molecule has 1 heterocycles. The Morgan fingerprint density at radius 2 is 1.94 bits per heavy atom. The quantitative estimate of drug-likeness (QED) is 0.777. The zero-order valence-corrected chi connectivity index (χ0v) is 11.7. The van der Waals surface area contributed by atoms with E-state index in [-0.39, 0.29) is 0 Å². The minimum atomic E-state index is 0.872. The Labute approximate surface area is 105 Å². The normalized spacial score (nSPS) is 11.7. The summed E-state index contributed by atoms with van der Waals surface area (Å²) in [4.78, 5) is 4.47. The highest BCUT2D eigenvalue weighted by atomic mass is 16.3. The van der Waals surface area contributed by atoms with Crippen molar-refractivity contribution in [3.8, 4) is 0 Å². The van der Waals surface area contributed by atoms with Gasteiger partial charge in [-0.2, -0.15) is 0 Å². The maximum atomic E-state index is 5.75. The summed E-state index contributed by atoms with van der Waals surface area (Å²) in [7, 11) is 8.26. The van der Waals surface area contributed by atoms with Crippen molar-refractivity contribution in [3.63, 3.8) is 0 Å². The molecule has 0 fully saturated rings. The first-order valence-electron chi connectivity index (χ1n) is 6.09. The highest BCUT2D eigenvalue weighted by Gasteiger charge is 2.08.